The molecule has 0 saturated heterocycles. The number of guanidine groups is 1. The van der Waals surface area contributed by atoms with Crippen molar-refractivity contribution in [3.63, 3.8) is 0 Å². The van der Waals surface area contributed by atoms with Crippen LogP contribution in [0, 0.1) is 0 Å². The maximum atomic E-state index is 12.8. The van der Waals surface area contributed by atoms with Crippen molar-refractivity contribution in [2.24, 2.45) is 4.99 Å². The van der Waals surface area contributed by atoms with Crippen LogP contribution in [0.2, 0.25) is 0 Å². The third-order valence-corrected chi connectivity index (χ3v) is 4.22. The van der Waals surface area contributed by atoms with Gasteiger partial charge in [-0.25, -0.2) is 9.98 Å². The number of ether oxygens (including phenoxy) is 3. The molecule has 2 heterocycles. The minimum atomic E-state index is -2.96. The molecular formula is C20H26F2N4O4. The third kappa shape index (κ3) is 5.52. The number of alkyl halides is 2. The summed E-state index contributed by atoms with van der Waals surface area (Å²) >= 11 is 0. The van der Waals surface area contributed by atoms with Crippen LogP contribution in [-0.2, 0) is 18.5 Å². The molecule has 2 aromatic rings. The minimum Gasteiger partial charge on any atom is -0.454 e. The van der Waals surface area contributed by atoms with E-state index in [2.05, 4.69) is 25.3 Å². The molecule has 0 atom stereocenters. The van der Waals surface area contributed by atoms with E-state index in [1.165, 1.54) is 6.07 Å². The summed E-state index contributed by atoms with van der Waals surface area (Å²) in [5.41, 5.74) is 0.312. The highest BCUT2D eigenvalue weighted by molar-refractivity contribution is 5.79. The fourth-order valence-electron chi connectivity index (χ4n) is 2.70. The molecule has 1 aromatic carbocycles. The summed E-state index contributed by atoms with van der Waals surface area (Å²) in [5, 5.41) is 6.22. The number of aliphatic imine (C=N–C) groups is 1. The average Bonchev–Trinajstić information content (AvgIpc) is 3.32. The highest BCUT2D eigenvalue weighted by atomic mass is 19.3. The van der Waals surface area contributed by atoms with Crippen LogP contribution in [0.1, 0.15) is 44.9 Å². The van der Waals surface area contributed by atoms with Crippen LogP contribution in [0.5, 0.6) is 17.2 Å². The lowest BCUT2D eigenvalue weighted by Gasteiger charge is -2.14. The third-order valence-electron chi connectivity index (χ3n) is 4.22. The molecule has 0 spiro atoms. The topological polar surface area (TPSA) is 90.1 Å². The lowest BCUT2D eigenvalue weighted by atomic mass is 9.94. The summed E-state index contributed by atoms with van der Waals surface area (Å²) in [4.78, 5) is 8.72. The van der Waals surface area contributed by atoms with Gasteiger partial charge >= 0.3 is 6.61 Å². The van der Waals surface area contributed by atoms with Gasteiger partial charge < -0.3 is 29.3 Å². The number of benzene rings is 1. The van der Waals surface area contributed by atoms with E-state index >= 15 is 0 Å². The standard InChI is InChI=1S/C20H26F2N4O4/c1-5-23-19(26-10-17-24-9-16(30-17)20(2,3)4)25-8-12-6-14-15(28-11-27-14)7-13(12)29-18(21)22/h6-7,9,18H,5,8,10-11H2,1-4H3,(H2,23,25,26). The second-order valence-electron chi connectivity index (χ2n) is 7.61. The van der Waals surface area contributed by atoms with Crippen LogP contribution in [-0.4, -0.2) is 30.9 Å². The van der Waals surface area contributed by atoms with E-state index in [9.17, 15) is 8.78 Å². The van der Waals surface area contributed by atoms with E-state index in [0.29, 0.717) is 42.0 Å². The maximum Gasteiger partial charge on any atom is 0.387 e. The quantitative estimate of drug-likeness (QED) is 0.519. The molecule has 3 rings (SSSR count). The first-order valence-electron chi connectivity index (χ1n) is 9.61. The van der Waals surface area contributed by atoms with Gasteiger partial charge in [-0.2, -0.15) is 8.78 Å². The maximum absolute atomic E-state index is 12.8. The number of rotatable bonds is 7. The van der Waals surface area contributed by atoms with Crippen LogP contribution < -0.4 is 24.8 Å². The highest BCUT2D eigenvalue weighted by Gasteiger charge is 2.21. The number of aromatic nitrogens is 1. The zero-order chi connectivity index (χ0) is 21.7. The van der Waals surface area contributed by atoms with Crippen molar-refractivity contribution in [3.8, 4) is 17.2 Å². The predicted octanol–water partition coefficient (Wildman–Crippen LogP) is 3.56. The summed E-state index contributed by atoms with van der Waals surface area (Å²) in [6.07, 6.45) is 1.71. The molecule has 0 amide bonds. The molecular weight excluding hydrogens is 398 g/mol. The number of oxazole rings is 1. The predicted molar refractivity (Wildman–Crippen MR) is 106 cm³/mol. The van der Waals surface area contributed by atoms with E-state index in [0.717, 1.165) is 5.76 Å². The molecule has 0 bridgehead atoms. The fourth-order valence-corrected chi connectivity index (χ4v) is 2.70. The van der Waals surface area contributed by atoms with Gasteiger partial charge in [0.15, 0.2) is 17.5 Å². The molecule has 0 fully saturated rings. The Bertz CT molecular complexity index is 893. The largest absolute Gasteiger partial charge is 0.454 e. The first kappa shape index (κ1) is 21.7. The van der Waals surface area contributed by atoms with Gasteiger partial charge in [0, 0.05) is 23.6 Å². The Morgan fingerprint density at radius 3 is 2.60 bits per heavy atom. The monoisotopic (exact) mass is 424 g/mol. The Hall–Kier alpha value is -3.04. The molecule has 1 aliphatic heterocycles. The molecule has 0 aliphatic carbocycles. The van der Waals surface area contributed by atoms with Crippen molar-refractivity contribution in [1.82, 2.24) is 15.6 Å². The molecule has 0 unspecified atom stereocenters. The van der Waals surface area contributed by atoms with Crippen LogP contribution in [0.25, 0.3) is 0 Å². The number of hydrogen-bond donors (Lipinski definition) is 2. The molecule has 0 radical (unpaired) electrons. The molecule has 1 aromatic heterocycles. The number of halogens is 2. The molecule has 8 nitrogen and oxygen atoms in total. The zero-order valence-corrected chi connectivity index (χ0v) is 17.4. The van der Waals surface area contributed by atoms with E-state index in [1.54, 1.807) is 12.3 Å². The number of fused-ring (bicyclic) bond motifs is 1. The van der Waals surface area contributed by atoms with Crippen molar-refractivity contribution in [2.75, 3.05) is 13.3 Å². The molecule has 164 valence electrons. The van der Waals surface area contributed by atoms with E-state index in [-0.39, 0.29) is 24.5 Å². The zero-order valence-electron chi connectivity index (χ0n) is 17.4. The molecule has 2 N–H and O–H groups in total. The second kappa shape index (κ2) is 9.19. The van der Waals surface area contributed by atoms with Gasteiger partial charge in [0.2, 0.25) is 12.7 Å². The van der Waals surface area contributed by atoms with Crippen LogP contribution >= 0.6 is 0 Å². The van der Waals surface area contributed by atoms with Gasteiger partial charge in [0.25, 0.3) is 0 Å². The molecule has 0 saturated carbocycles. The van der Waals surface area contributed by atoms with Crippen LogP contribution in [0.15, 0.2) is 27.7 Å². The van der Waals surface area contributed by atoms with Gasteiger partial charge in [0.1, 0.15) is 11.5 Å². The van der Waals surface area contributed by atoms with Crippen molar-refractivity contribution in [1.29, 1.82) is 0 Å². The van der Waals surface area contributed by atoms with Crippen molar-refractivity contribution >= 4 is 5.96 Å². The fraction of sp³-hybridized carbons (Fsp3) is 0.500. The van der Waals surface area contributed by atoms with Gasteiger partial charge in [0.05, 0.1) is 19.3 Å². The Balaban J connectivity index is 1.72. The summed E-state index contributed by atoms with van der Waals surface area (Å²) in [6, 6.07) is 2.98. The normalized spacial score (nSPS) is 13.6. The van der Waals surface area contributed by atoms with Crippen LogP contribution in [0.3, 0.4) is 0 Å². The summed E-state index contributed by atoms with van der Waals surface area (Å²) in [6.45, 7) is 6.16. The Kier molecular flexibility index (Phi) is 6.63. The van der Waals surface area contributed by atoms with Crippen molar-refractivity contribution in [3.05, 3.63) is 35.5 Å². The highest BCUT2D eigenvalue weighted by Crippen LogP contribution is 2.39. The van der Waals surface area contributed by atoms with Gasteiger partial charge in [-0.1, -0.05) is 20.8 Å². The van der Waals surface area contributed by atoms with Crippen molar-refractivity contribution < 1.29 is 27.4 Å². The Morgan fingerprint density at radius 1 is 1.23 bits per heavy atom. The van der Waals surface area contributed by atoms with Gasteiger partial charge in [-0.05, 0) is 13.0 Å². The Labute approximate surface area is 173 Å². The average molecular weight is 424 g/mol. The van der Waals surface area contributed by atoms with Crippen LogP contribution in [0.4, 0.5) is 8.78 Å². The van der Waals surface area contributed by atoms with E-state index in [4.69, 9.17) is 13.9 Å². The molecule has 1 aliphatic rings. The van der Waals surface area contributed by atoms with E-state index in [1.807, 2.05) is 27.7 Å². The second-order valence-corrected chi connectivity index (χ2v) is 7.61. The van der Waals surface area contributed by atoms with Gasteiger partial charge in [-0.15, -0.1) is 0 Å². The first-order valence-corrected chi connectivity index (χ1v) is 9.61. The number of nitrogens with one attached hydrogen (secondary N) is 2. The summed E-state index contributed by atoms with van der Waals surface area (Å²) in [5.74, 6) is 2.62. The van der Waals surface area contributed by atoms with Gasteiger partial charge in [-0.3, -0.25) is 0 Å². The van der Waals surface area contributed by atoms with Crippen molar-refractivity contribution in [2.45, 2.75) is 52.8 Å². The van der Waals surface area contributed by atoms with E-state index < -0.39 is 6.61 Å². The smallest absolute Gasteiger partial charge is 0.387 e. The Morgan fingerprint density at radius 2 is 1.97 bits per heavy atom. The number of hydrogen-bond acceptors (Lipinski definition) is 6. The lowest BCUT2D eigenvalue weighted by Crippen LogP contribution is -2.36. The molecule has 10 heteroatoms. The summed E-state index contributed by atoms with van der Waals surface area (Å²) in [7, 11) is 0. The lowest BCUT2D eigenvalue weighted by molar-refractivity contribution is -0.0505. The summed E-state index contributed by atoms with van der Waals surface area (Å²) < 4.78 is 46.5. The minimum absolute atomic E-state index is 0.00336. The first-order chi connectivity index (χ1) is 14.3. The number of nitrogens with zero attached hydrogens (tertiary/aromatic N) is 2. The molecule has 30 heavy (non-hydrogen) atoms. The SMILES string of the molecule is CCNC(=NCc1cc2c(cc1OC(F)F)OCO2)NCc1ncc(C(C)(C)C)o1.